The van der Waals surface area contributed by atoms with Gasteiger partial charge in [-0.15, -0.1) is 0 Å². The van der Waals surface area contributed by atoms with Gasteiger partial charge in [0.25, 0.3) is 0 Å². The summed E-state index contributed by atoms with van der Waals surface area (Å²) in [5.74, 6) is 0.246. The highest BCUT2D eigenvalue weighted by atomic mass is 35.5. The number of hydrogen-bond donors (Lipinski definition) is 1. The number of nitrogens with one attached hydrogen (secondary N) is 1. The summed E-state index contributed by atoms with van der Waals surface area (Å²) in [4.78, 5) is 12.2. The van der Waals surface area contributed by atoms with Gasteiger partial charge in [0.15, 0.2) is 11.5 Å². The molecule has 1 aliphatic heterocycles. The second-order valence-electron chi connectivity index (χ2n) is 5.66. The van der Waals surface area contributed by atoms with E-state index in [4.69, 9.17) is 21.1 Å². The fraction of sp³-hybridized carbons (Fsp3) is 0.278. The highest BCUT2D eigenvalue weighted by Crippen LogP contribution is 2.38. The first-order valence-corrected chi connectivity index (χ1v) is 8.05. The molecule has 4 nitrogen and oxygen atoms in total. The Kier molecular flexibility index (Phi) is 4.90. The Balaban J connectivity index is 1.74. The third-order valence-electron chi connectivity index (χ3n) is 3.63. The Morgan fingerprint density at radius 1 is 1.25 bits per heavy atom. The van der Waals surface area contributed by atoms with E-state index in [0.717, 1.165) is 12.0 Å². The van der Waals surface area contributed by atoms with Gasteiger partial charge in [0, 0.05) is 6.42 Å². The maximum Gasteiger partial charge on any atom is 0.228 e. The average Bonchev–Trinajstić information content (AvgIpc) is 2.76. The second-order valence-corrected chi connectivity index (χ2v) is 6.07. The van der Waals surface area contributed by atoms with Gasteiger partial charge in [0.2, 0.25) is 5.91 Å². The topological polar surface area (TPSA) is 47.6 Å². The molecule has 24 heavy (non-hydrogen) atoms. The van der Waals surface area contributed by atoms with Crippen LogP contribution in [-0.4, -0.2) is 19.1 Å². The summed E-state index contributed by atoms with van der Waals surface area (Å²) in [7, 11) is 0. The molecule has 126 valence electrons. The molecule has 0 atom stereocenters. The number of carbonyl (C=O) groups excluding carboxylic acids is 1. The van der Waals surface area contributed by atoms with E-state index < -0.39 is 5.82 Å². The molecule has 0 spiro atoms. The lowest BCUT2D eigenvalue weighted by atomic mass is 10.1. The first kappa shape index (κ1) is 16.6. The van der Waals surface area contributed by atoms with Crippen molar-refractivity contribution in [3.05, 3.63) is 52.3 Å². The van der Waals surface area contributed by atoms with Crippen molar-refractivity contribution in [1.29, 1.82) is 0 Å². The molecular formula is C18H17ClFNO3. The van der Waals surface area contributed by atoms with Crippen LogP contribution in [0.3, 0.4) is 0 Å². The fourth-order valence-electron chi connectivity index (χ4n) is 2.49. The molecule has 2 aromatic rings. The van der Waals surface area contributed by atoms with Gasteiger partial charge < -0.3 is 14.8 Å². The molecule has 0 fully saturated rings. The summed E-state index contributed by atoms with van der Waals surface area (Å²) in [5.41, 5.74) is 1.63. The van der Waals surface area contributed by atoms with Crippen LogP contribution in [0.1, 0.15) is 17.5 Å². The summed E-state index contributed by atoms with van der Waals surface area (Å²) >= 11 is 6.21. The minimum atomic E-state index is -0.458. The van der Waals surface area contributed by atoms with Gasteiger partial charge in [0.1, 0.15) is 5.82 Å². The number of halogens is 2. The number of fused-ring (bicyclic) bond motifs is 1. The molecule has 6 heteroatoms. The average molecular weight is 350 g/mol. The highest BCUT2D eigenvalue weighted by molar-refractivity contribution is 6.32. The molecule has 0 saturated heterocycles. The number of ether oxygens (including phenoxy) is 2. The van der Waals surface area contributed by atoms with E-state index in [1.165, 1.54) is 6.07 Å². The van der Waals surface area contributed by atoms with E-state index in [0.29, 0.717) is 35.3 Å². The standard InChI is InChI=1S/C18H17ClFNO3/c1-11-3-4-15(14(20)7-11)21-17(22)10-12-8-13(19)18-16(9-12)23-5-2-6-24-18/h3-4,7-9H,2,5-6,10H2,1H3,(H,21,22). The summed E-state index contributed by atoms with van der Waals surface area (Å²) < 4.78 is 25.0. The summed E-state index contributed by atoms with van der Waals surface area (Å²) in [5, 5.41) is 2.97. The number of anilines is 1. The van der Waals surface area contributed by atoms with Crippen molar-refractivity contribution in [2.45, 2.75) is 19.8 Å². The second kappa shape index (κ2) is 7.09. The molecule has 1 amide bonds. The molecule has 2 aromatic carbocycles. The SMILES string of the molecule is Cc1ccc(NC(=O)Cc2cc(Cl)c3c(c2)OCCCO3)c(F)c1. The van der Waals surface area contributed by atoms with Crippen LogP contribution in [0.5, 0.6) is 11.5 Å². The quantitative estimate of drug-likeness (QED) is 0.906. The zero-order chi connectivity index (χ0) is 17.1. The molecule has 0 radical (unpaired) electrons. The van der Waals surface area contributed by atoms with Gasteiger partial charge in [-0.25, -0.2) is 4.39 Å². The number of rotatable bonds is 3. The molecular weight excluding hydrogens is 333 g/mol. The Morgan fingerprint density at radius 3 is 2.83 bits per heavy atom. The van der Waals surface area contributed by atoms with Crippen LogP contribution in [-0.2, 0) is 11.2 Å². The Labute approximate surface area is 144 Å². The molecule has 1 heterocycles. The van der Waals surface area contributed by atoms with Gasteiger partial charge in [-0.2, -0.15) is 0 Å². The van der Waals surface area contributed by atoms with Crippen molar-refractivity contribution in [2.75, 3.05) is 18.5 Å². The number of amides is 1. The van der Waals surface area contributed by atoms with E-state index >= 15 is 0 Å². The molecule has 0 unspecified atom stereocenters. The van der Waals surface area contributed by atoms with E-state index in [2.05, 4.69) is 5.32 Å². The lowest BCUT2D eigenvalue weighted by Crippen LogP contribution is -2.15. The van der Waals surface area contributed by atoms with Crippen LogP contribution >= 0.6 is 11.6 Å². The summed E-state index contributed by atoms with van der Waals surface area (Å²) in [6.45, 7) is 2.86. The van der Waals surface area contributed by atoms with Crippen molar-refractivity contribution in [1.82, 2.24) is 0 Å². The lowest BCUT2D eigenvalue weighted by molar-refractivity contribution is -0.115. The van der Waals surface area contributed by atoms with Gasteiger partial charge in [-0.1, -0.05) is 17.7 Å². The fourth-order valence-corrected chi connectivity index (χ4v) is 2.78. The number of benzene rings is 2. The predicted molar refractivity (Wildman–Crippen MR) is 90.5 cm³/mol. The predicted octanol–water partition coefficient (Wildman–Crippen LogP) is 4.13. The molecule has 0 aromatic heterocycles. The van der Waals surface area contributed by atoms with Crippen LogP contribution in [0, 0.1) is 12.7 Å². The Hall–Kier alpha value is -2.27. The van der Waals surface area contributed by atoms with E-state index in [-0.39, 0.29) is 18.0 Å². The highest BCUT2D eigenvalue weighted by Gasteiger charge is 2.17. The van der Waals surface area contributed by atoms with Crippen molar-refractivity contribution in [3.63, 3.8) is 0 Å². The molecule has 0 bridgehead atoms. The van der Waals surface area contributed by atoms with Crippen LogP contribution in [0.15, 0.2) is 30.3 Å². The van der Waals surface area contributed by atoms with Crippen molar-refractivity contribution in [2.24, 2.45) is 0 Å². The van der Waals surface area contributed by atoms with Crippen LogP contribution in [0.25, 0.3) is 0 Å². The molecule has 1 aliphatic rings. The third kappa shape index (κ3) is 3.79. The van der Waals surface area contributed by atoms with Crippen molar-refractivity contribution in [3.8, 4) is 11.5 Å². The zero-order valence-electron chi connectivity index (χ0n) is 13.2. The minimum absolute atomic E-state index is 0.0592. The lowest BCUT2D eigenvalue weighted by Gasteiger charge is -2.12. The zero-order valence-corrected chi connectivity index (χ0v) is 14.0. The van der Waals surface area contributed by atoms with Crippen molar-refractivity contribution >= 4 is 23.2 Å². The maximum absolute atomic E-state index is 13.8. The van der Waals surface area contributed by atoms with Gasteiger partial charge in [-0.05, 0) is 42.3 Å². The molecule has 3 rings (SSSR count). The van der Waals surface area contributed by atoms with E-state index in [9.17, 15) is 9.18 Å². The van der Waals surface area contributed by atoms with Crippen LogP contribution < -0.4 is 14.8 Å². The molecule has 0 aliphatic carbocycles. The normalized spacial score (nSPS) is 13.3. The van der Waals surface area contributed by atoms with E-state index in [1.807, 2.05) is 0 Å². The molecule has 0 saturated carbocycles. The number of aryl methyl sites for hydroxylation is 1. The van der Waals surface area contributed by atoms with Crippen LogP contribution in [0.4, 0.5) is 10.1 Å². The van der Waals surface area contributed by atoms with Gasteiger partial charge in [0.05, 0.1) is 30.3 Å². The van der Waals surface area contributed by atoms with Crippen LogP contribution in [0.2, 0.25) is 5.02 Å². The number of carbonyl (C=O) groups is 1. The van der Waals surface area contributed by atoms with Crippen molar-refractivity contribution < 1.29 is 18.7 Å². The third-order valence-corrected chi connectivity index (χ3v) is 3.91. The van der Waals surface area contributed by atoms with Gasteiger partial charge in [-0.3, -0.25) is 4.79 Å². The Bertz CT molecular complexity index is 779. The monoisotopic (exact) mass is 349 g/mol. The minimum Gasteiger partial charge on any atom is -0.489 e. The first-order valence-electron chi connectivity index (χ1n) is 7.67. The smallest absolute Gasteiger partial charge is 0.228 e. The largest absolute Gasteiger partial charge is 0.489 e. The number of hydrogen-bond acceptors (Lipinski definition) is 3. The first-order chi connectivity index (χ1) is 11.5. The van der Waals surface area contributed by atoms with E-state index in [1.54, 1.807) is 31.2 Å². The summed E-state index contributed by atoms with van der Waals surface area (Å²) in [6.07, 6.45) is 0.831. The maximum atomic E-state index is 13.8. The van der Waals surface area contributed by atoms with Gasteiger partial charge >= 0.3 is 0 Å². The Morgan fingerprint density at radius 2 is 2.04 bits per heavy atom. The summed E-state index contributed by atoms with van der Waals surface area (Å²) in [6, 6.07) is 8.06. The molecule has 1 N–H and O–H groups in total.